The Morgan fingerprint density at radius 3 is 2.60 bits per heavy atom. The molecule has 1 unspecified atom stereocenters. The van der Waals surface area contributed by atoms with E-state index in [0.717, 1.165) is 12.8 Å². The molecule has 1 heteroatoms. The van der Waals surface area contributed by atoms with Gasteiger partial charge in [0.1, 0.15) is 0 Å². The molecule has 0 aromatic heterocycles. The Bertz CT molecular complexity index is 338. The SMILES string of the molecule is C1=C\CC(Nc2ccccc2)/C=C\CC/1. The Kier molecular flexibility index (Phi) is 3.61. The number of rotatable bonds is 2. The number of nitrogens with one attached hydrogen (secondary N) is 1. The number of allylic oxidation sites excluding steroid dienone is 2. The molecule has 2 rings (SSSR count). The summed E-state index contributed by atoms with van der Waals surface area (Å²) >= 11 is 0. The van der Waals surface area contributed by atoms with Crippen molar-refractivity contribution in [1.82, 2.24) is 0 Å². The molecule has 1 N–H and O–H groups in total. The Morgan fingerprint density at radius 1 is 0.933 bits per heavy atom. The van der Waals surface area contributed by atoms with Crippen molar-refractivity contribution in [2.75, 3.05) is 5.32 Å². The monoisotopic (exact) mass is 199 g/mol. The van der Waals surface area contributed by atoms with Gasteiger partial charge in [-0.05, 0) is 31.4 Å². The van der Waals surface area contributed by atoms with Crippen LogP contribution in [-0.4, -0.2) is 6.04 Å². The highest BCUT2D eigenvalue weighted by molar-refractivity contribution is 5.44. The summed E-state index contributed by atoms with van der Waals surface area (Å²) in [4.78, 5) is 0. The van der Waals surface area contributed by atoms with E-state index in [1.807, 2.05) is 6.07 Å². The van der Waals surface area contributed by atoms with Crippen molar-refractivity contribution >= 4 is 5.69 Å². The molecule has 1 nitrogen and oxygen atoms in total. The molecule has 0 heterocycles. The lowest BCUT2D eigenvalue weighted by Crippen LogP contribution is -2.16. The summed E-state index contributed by atoms with van der Waals surface area (Å²) in [5.41, 5.74) is 1.20. The molecule has 0 saturated heterocycles. The maximum absolute atomic E-state index is 3.51. The minimum atomic E-state index is 0.434. The first kappa shape index (κ1) is 10.0. The Balaban J connectivity index is 1.98. The molecule has 1 atom stereocenters. The van der Waals surface area contributed by atoms with Crippen LogP contribution in [0.15, 0.2) is 54.6 Å². The van der Waals surface area contributed by atoms with Crippen LogP contribution in [0.1, 0.15) is 19.3 Å². The molecule has 1 aromatic carbocycles. The number of benzene rings is 1. The van der Waals surface area contributed by atoms with Crippen LogP contribution in [0.4, 0.5) is 5.69 Å². The average molecular weight is 199 g/mol. The van der Waals surface area contributed by atoms with Gasteiger partial charge in [0.05, 0.1) is 0 Å². The quantitative estimate of drug-likeness (QED) is 0.715. The molecule has 0 amide bonds. The van der Waals surface area contributed by atoms with Gasteiger partial charge in [-0.2, -0.15) is 0 Å². The third-order valence-electron chi connectivity index (χ3n) is 2.55. The molecule has 1 aliphatic carbocycles. The smallest absolute Gasteiger partial charge is 0.0478 e. The van der Waals surface area contributed by atoms with E-state index in [4.69, 9.17) is 0 Å². The van der Waals surface area contributed by atoms with Crippen molar-refractivity contribution in [2.45, 2.75) is 25.3 Å². The number of anilines is 1. The molecule has 1 aromatic rings. The fourth-order valence-electron chi connectivity index (χ4n) is 1.75. The average Bonchev–Trinajstić information content (AvgIpc) is 2.23. The second kappa shape index (κ2) is 5.40. The van der Waals surface area contributed by atoms with Gasteiger partial charge < -0.3 is 5.32 Å². The van der Waals surface area contributed by atoms with Crippen molar-refractivity contribution in [1.29, 1.82) is 0 Å². The van der Waals surface area contributed by atoms with Gasteiger partial charge in [-0.3, -0.25) is 0 Å². The van der Waals surface area contributed by atoms with Gasteiger partial charge in [-0.1, -0.05) is 42.5 Å². The maximum atomic E-state index is 3.51. The molecule has 0 spiro atoms. The zero-order valence-electron chi connectivity index (χ0n) is 8.89. The van der Waals surface area contributed by atoms with E-state index in [2.05, 4.69) is 53.9 Å². The van der Waals surface area contributed by atoms with Crippen LogP contribution in [0.2, 0.25) is 0 Å². The van der Waals surface area contributed by atoms with Gasteiger partial charge in [-0.15, -0.1) is 0 Å². The molecule has 0 radical (unpaired) electrons. The standard InChI is InChI=1S/C14H17N/c1-2-5-9-13(10-6-3-1)15-14-11-7-4-8-12-14/h2,4-8,10-13,15H,1,3,9H2/b5-2-,10-6-. The molecule has 0 bridgehead atoms. The Labute approximate surface area is 91.5 Å². The van der Waals surface area contributed by atoms with E-state index < -0.39 is 0 Å². The topological polar surface area (TPSA) is 12.0 Å². The van der Waals surface area contributed by atoms with E-state index in [9.17, 15) is 0 Å². The second-order valence-electron chi connectivity index (χ2n) is 3.83. The van der Waals surface area contributed by atoms with E-state index in [0.29, 0.717) is 6.04 Å². The van der Waals surface area contributed by atoms with E-state index in [-0.39, 0.29) is 0 Å². The largest absolute Gasteiger partial charge is 0.379 e. The van der Waals surface area contributed by atoms with Crippen LogP contribution in [0.25, 0.3) is 0 Å². The lowest BCUT2D eigenvalue weighted by molar-refractivity contribution is 0.863. The maximum Gasteiger partial charge on any atom is 0.0478 e. The van der Waals surface area contributed by atoms with Crippen molar-refractivity contribution < 1.29 is 0 Å². The Hall–Kier alpha value is -1.50. The highest BCUT2D eigenvalue weighted by Gasteiger charge is 2.02. The second-order valence-corrected chi connectivity index (χ2v) is 3.83. The number of hydrogen-bond acceptors (Lipinski definition) is 1. The molecule has 15 heavy (non-hydrogen) atoms. The summed E-state index contributed by atoms with van der Waals surface area (Å²) in [5, 5.41) is 3.51. The van der Waals surface area contributed by atoms with Gasteiger partial charge in [0.15, 0.2) is 0 Å². The minimum Gasteiger partial charge on any atom is -0.379 e. The van der Waals surface area contributed by atoms with Crippen LogP contribution in [0.5, 0.6) is 0 Å². The molecular formula is C14H17N. The summed E-state index contributed by atoms with van der Waals surface area (Å²) in [6.07, 6.45) is 12.5. The molecular weight excluding hydrogens is 182 g/mol. The van der Waals surface area contributed by atoms with Gasteiger partial charge in [-0.25, -0.2) is 0 Å². The number of para-hydroxylation sites is 1. The van der Waals surface area contributed by atoms with E-state index in [1.165, 1.54) is 12.1 Å². The highest BCUT2D eigenvalue weighted by atomic mass is 14.9. The van der Waals surface area contributed by atoms with Crippen molar-refractivity contribution in [2.24, 2.45) is 0 Å². The van der Waals surface area contributed by atoms with Gasteiger partial charge in [0.25, 0.3) is 0 Å². The molecule has 0 saturated carbocycles. The third kappa shape index (κ3) is 3.28. The summed E-state index contributed by atoms with van der Waals surface area (Å²) in [6.45, 7) is 0. The zero-order valence-corrected chi connectivity index (χ0v) is 8.89. The summed E-state index contributed by atoms with van der Waals surface area (Å²) < 4.78 is 0. The van der Waals surface area contributed by atoms with Crippen LogP contribution in [0.3, 0.4) is 0 Å². The van der Waals surface area contributed by atoms with Gasteiger partial charge >= 0.3 is 0 Å². The van der Waals surface area contributed by atoms with Crippen LogP contribution in [0, 0.1) is 0 Å². The Morgan fingerprint density at radius 2 is 1.73 bits per heavy atom. The van der Waals surface area contributed by atoms with E-state index >= 15 is 0 Å². The lowest BCUT2D eigenvalue weighted by atomic mass is 10.1. The van der Waals surface area contributed by atoms with E-state index in [1.54, 1.807) is 0 Å². The zero-order chi connectivity index (χ0) is 10.3. The van der Waals surface area contributed by atoms with Gasteiger partial charge in [0.2, 0.25) is 0 Å². The predicted octanol–water partition coefficient (Wildman–Crippen LogP) is 3.76. The molecule has 0 aliphatic heterocycles. The normalized spacial score (nSPS) is 24.9. The predicted molar refractivity (Wildman–Crippen MR) is 66.0 cm³/mol. The van der Waals surface area contributed by atoms with Crippen molar-refractivity contribution in [3.05, 3.63) is 54.6 Å². The molecule has 0 fully saturated rings. The molecule has 1 aliphatic rings. The van der Waals surface area contributed by atoms with Crippen molar-refractivity contribution in [3.8, 4) is 0 Å². The minimum absolute atomic E-state index is 0.434. The van der Waals surface area contributed by atoms with Crippen molar-refractivity contribution in [3.63, 3.8) is 0 Å². The summed E-state index contributed by atoms with van der Waals surface area (Å²) in [5.74, 6) is 0. The summed E-state index contributed by atoms with van der Waals surface area (Å²) in [6, 6.07) is 10.8. The van der Waals surface area contributed by atoms with Crippen LogP contribution >= 0.6 is 0 Å². The fraction of sp³-hybridized carbons (Fsp3) is 0.286. The van der Waals surface area contributed by atoms with Gasteiger partial charge in [0, 0.05) is 11.7 Å². The first-order valence-electron chi connectivity index (χ1n) is 5.58. The first-order valence-corrected chi connectivity index (χ1v) is 5.58. The third-order valence-corrected chi connectivity index (χ3v) is 2.55. The van der Waals surface area contributed by atoms with Crippen LogP contribution < -0.4 is 5.32 Å². The highest BCUT2D eigenvalue weighted by Crippen LogP contribution is 2.12. The molecule has 78 valence electrons. The van der Waals surface area contributed by atoms with Crippen LogP contribution in [-0.2, 0) is 0 Å². The fourth-order valence-corrected chi connectivity index (χ4v) is 1.75. The lowest BCUT2D eigenvalue weighted by Gasteiger charge is -2.15. The number of hydrogen-bond donors (Lipinski definition) is 1. The summed E-state index contributed by atoms with van der Waals surface area (Å²) in [7, 11) is 0. The first-order chi connectivity index (χ1) is 7.45.